The minimum absolute atomic E-state index is 0.0423. The maximum absolute atomic E-state index is 12.1. The lowest BCUT2D eigenvalue weighted by atomic mass is 10.1. The van der Waals surface area contributed by atoms with Gasteiger partial charge in [0.15, 0.2) is 0 Å². The summed E-state index contributed by atoms with van der Waals surface area (Å²) in [6.45, 7) is 2.29. The second-order valence-corrected chi connectivity index (χ2v) is 7.10. The van der Waals surface area contributed by atoms with Crippen molar-refractivity contribution >= 4 is 28.8 Å². The Morgan fingerprint density at radius 1 is 1.48 bits per heavy atom. The topological polar surface area (TPSA) is 62.8 Å². The molecule has 0 fully saturated rings. The molecular formula is C15H15NO3S2. The fourth-order valence-electron chi connectivity index (χ4n) is 2.37. The molecule has 0 bridgehead atoms. The van der Waals surface area contributed by atoms with Gasteiger partial charge < -0.3 is 9.52 Å². The molecule has 0 aromatic carbocycles. The van der Waals surface area contributed by atoms with E-state index < -0.39 is 5.63 Å². The smallest absolute Gasteiger partial charge is 0.348 e. The number of rotatable bonds is 2. The molecule has 3 heterocycles. The Morgan fingerprint density at radius 3 is 3.05 bits per heavy atom. The van der Waals surface area contributed by atoms with Gasteiger partial charge in [-0.15, -0.1) is 11.3 Å². The van der Waals surface area contributed by atoms with Crippen molar-refractivity contribution < 1.29 is 9.52 Å². The van der Waals surface area contributed by atoms with Crippen molar-refractivity contribution in [3.8, 4) is 5.75 Å². The van der Waals surface area contributed by atoms with Gasteiger partial charge in [-0.25, -0.2) is 4.79 Å². The van der Waals surface area contributed by atoms with Gasteiger partial charge in [0.1, 0.15) is 17.1 Å². The summed E-state index contributed by atoms with van der Waals surface area (Å²) in [5, 5.41) is 12.4. The van der Waals surface area contributed by atoms with E-state index in [9.17, 15) is 9.90 Å². The summed E-state index contributed by atoms with van der Waals surface area (Å²) in [4.78, 5) is 17.8. The fourth-order valence-corrected chi connectivity index (χ4v) is 4.45. The fraction of sp³-hybridized carbons (Fsp3) is 0.333. The summed E-state index contributed by atoms with van der Waals surface area (Å²) in [5.41, 5.74) is 0.345. The van der Waals surface area contributed by atoms with E-state index in [4.69, 9.17) is 4.42 Å². The van der Waals surface area contributed by atoms with Crippen LogP contribution in [0, 0.1) is 6.92 Å². The molecule has 0 aliphatic carbocycles. The van der Waals surface area contributed by atoms with Gasteiger partial charge in [0.2, 0.25) is 0 Å². The molecule has 110 valence electrons. The molecule has 1 aliphatic rings. The molecule has 2 aromatic rings. The molecule has 1 aliphatic heterocycles. The van der Waals surface area contributed by atoms with Crippen LogP contribution in [0.5, 0.6) is 5.75 Å². The van der Waals surface area contributed by atoms with Crippen LogP contribution in [-0.4, -0.2) is 23.1 Å². The van der Waals surface area contributed by atoms with Crippen molar-refractivity contribution in [2.75, 3.05) is 12.3 Å². The molecule has 0 saturated heterocycles. The third-order valence-electron chi connectivity index (χ3n) is 3.29. The van der Waals surface area contributed by atoms with Crippen molar-refractivity contribution in [3.05, 3.63) is 50.2 Å². The lowest BCUT2D eigenvalue weighted by Gasteiger charge is -2.13. The molecule has 3 rings (SSSR count). The number of thioether (sulfide) groups is 1. The lowest BCUT2D eigenvalue weighted by Crippen LogP contribution is -2.16. The third-order valence-corrected chi connectivity index (χ3v) is 5.67. The summed E-state index contributed by atoms with van der Waals surface area (Å²) in [6.07, 6.45) is 0.632. The van der Waals surface area contributed by atoms with E-state index in [-0.39, 0.29) is 16.6 Å². The van der Waals surface area contributed by atoms with Crippen LogP contribution in [0.2, 0.25) is 0 Å². The molecule has 21 heavy (non-hydrogen) atoms. The standard InChI is InChI=1S/C15H15NO3S2/c1-9-7-11(17)14(15(18)19-9)10-8-13(21-6-4-16-10)12-3-2-5-20-12/h2-3,5,7,13,17H,4,6,8H2,1H3. The summed E-state index contributed by atoms with van der Waals surface area (Å²) in [6, 6.07) is 5.60. The van der Waals surface area contributed by atoms with E-state index >= 15 is 0 Å². The molecule has 1 N–H and O–H groups in total. The zero-order valence-electron chi connectivity index (χ0n) is 11.5. The normalized spacial score (nSPS) is 19.1. The maximum Gasteiger partial charge on any atom is 0.348 e. The first-order valence-electron chi connectivity index (χ1n) is 6.67. The second-order valence-electron chi connectivity index (χ2n) is 4.81. The van der Waals surface area contributed by atoms with Crippen LogP contribution >= 0.6 is 23.1 Å². The number of thiophene rings is 1. The Balaban J connectivity index is 1.98. The molecule has 6 heteroatoms. The van der Waals surface area contributed by atoms with Crippen molar-refractivity contribution in [2.45, 2.75) is 18.6 Å². The molecule has 0 radical (unpaired) electrons. The highest BCUT2D eigenvalue weighted by atomic mass is 32.2. The Kier molecular flexibility index (Phi) is 4.17. The molecular weight excluding hydrogens is 306 g/mol. The molecule has 1 atom stereocenters. The van der Waals surface area contributed by atoms with Crippen molar-refractivity contribution in [1.82, 2.24) is 0 Å². The minimum atomic E-state index is -0.511. The van der Waals surface area contributed by atoms with Crippen LogP contribution in [0.15, 0.2) is 37.8 Å². The van der Waals surface area contributed by atoms with E-state index in [1.54, 1.807) is 18.3 Å². The van der Waals surface area contributed by atoms with Gasteiger partial charge in [-0.1, -0.05) is 6.07 Å². The molecule has 0 saturated carbocycles. The second kappa shape index (κ2) is 6.07. The molecule has 4 nitrogen and oxygen atoms in total. The predicted octanol–water partition coefficient (Wildman–Crippen LogP) is 3.38. The zero-order chi connectivity index (χ0) is 14.8. The van der Waals surface area contributed by atoms with Gasteiger partial charge in [0.25, 0.3) is 0 Å². The number of aromatic hydroxyl groups is 1. The molecule has 2 aromatic heterocycles. The van der Waals surface area contributed by atoms with Gasteiger partial charge in [-0.2, -0.15) is 11.8 Å². The SMILES string of the molecule is Cc1cc(O)c(C2=NCCSC(c3cccs3)C2)c(=O)o1. The van der Waals surface area contributed by atoms with Crippen molar-refractivity contribution in [3.63, 3.8) is 0 Å². The van der Waals surface area contributed by atoms with Gasteiger partial charge >= 0.3 is 5.63 Å². The Hall–Kier alpha value is -1.53. The number of hydrogen-bond acceptors (Lipinski definition) is 6. The van der Waals surface area contributed by atoms with Gasteiger partial charge in [-0.3, -0.25) is 4.99 Å². The number of nitrogens with zero attached hydrogens (tertiary/aromatic N) is 1. The van der Waals surface area contributed by atoms with E-state index in [1.807, 2.05) is 17.8 Å². The first-order valence-corrected chi connectivity index (χ1v) is 8.60. The summed E-state index contributed by atoms with van der Waals surface area (Å²) < 4.78 is 5.11. The molecule has 0 spiro atoms. The quantitative estimate of drug-likeness (QED) is 0.921. The predicted molar refractivity (Wildman–Crippen MR) is 86.9 cm³/mol. The lowest BCUT2D eigenvalue weighted by molar-refractivity contribution is 0.432. The first-order chi connectivity index (χ1) is 10.1. The average Bonchev–Trinajstić information content (AvgIpc) is 2.85. The highest BCUT2D eigenvalue weighted by molar-refractivity contribution is 7.99. The largest absolute Gasteiger partial charge is 0.507 e. The van der Waals surface area contributed by atoms with Crippen LogP contribution in [0.1, 0.15) is 27.9 Å². The average molecular weight is 321 g/mol. The Bertz CT molecular complexity index is 719. The highest BCUT2D eigenvalue weighted by Gasteiger charge is 2.24. The van der Waals surface area contributed by atoms with Crippen LogP contribution in [-0.2, 0) is 0 Å². The van der Waals surface area contributed by atoms with E-state index in [2.05, 4.69) is 16.4 Å². The monoisotopic (exact) mass is 321 g/mol. The summed E-state index contributed by atoms with van der Waals surface area (Å²) in [5.74, 6) is 1.27. The number of hydrogen-bond donors (Lipinski definition) is 1. The summed E-state index contributed by atoms with van der Waals surface area (Å²) in [7, 11) is 0. The number of aliphatic imine (C=N–C) groups is 1. The third kappa shape index (κ3) is 3.06. The van der Waals surface area contributed by atoms with Gasteiger partial charge in [-0.05, 0) is 18.4 Å². The first kappa shape index (κ1) is 14.4. The van der Waals surface area contributed by atoms with Crippen LogP contribution in [0.25, 0.3) is 0 Å². The summed E-state index contributed by atoms with van der Waals surface area (Å²) >= 11 is 3.54. The zero-order valence-corrected chi connectivity index (χ0v) is 13.2. The van der Waals surface area contributed by atoms with Gasteiger partial charge in [0, 0.05) is 34.9 Å². The Labute approximate surface area is 130 Å². The Morgan fingerprint density at radius 2 is 2.33 bits per heavy atom. The minimum Gasteiger partial charge on any atom is -0.507 e. The number of aryl methyl sites for hydroxylation is 1. The van der Waals surface area contributed by atoms with E-state index in [0.717, 1.165) is 5.75 Å². The van der Waals surface area contributed by atoms with E-state index in [1.165, 1.54) is 10.9 Å². The van der Waals surface area contributed by atoms with Crippen molar-refractivity contribution in [2.24, 2.45) is 4.99 Å². The van der Waals surface area contributed by atoms with Crippen LogP contribution in [0.3, 0.4) is 0 Å². The van der Waals surface area contributed by atoms with Gasteiger partial charge in [0.05, 0.1) is 5.71 Å². The van der Waals surface area contributed by atoms with Crippen LogP contribution in [0.4, 0.5) is 0 Å². The highest BCUT2D eigenvalue weighted by Crippen LogP contribution is 2.37. The van der Waals surface area contributed by atoms with E-state index in [0.29, 0.717) is 24.4 Å². The molecule has 1 unspecified atom stereocenters. The van der Waals surface area contributed by atoms with Crippen molar-refractivity contribution in [1.29, 1.82) is 0 Å². The molecule has 0 amide bonds. The maximum atomic E-state index is 12.1. The van der Waals surface area contributed by atoms with Crippen LogP contribution < -0.4 is 5.63 Å².